The van der Waals surface area contributed by atoms with Gasteiger partial charge in [0.05, 0.1) is 13.7 Å². The topological polar surface area (TPSA) is 42.8 Å². The summed E-state index contributed by atoms with van der Waals surface area (Å²) in [5, 5.41) is 1.94. The van der Waals surface area contributed by atoms with E-state index < -0.39 is 65.8 Å². The molecule has 0 saturated heterocycles. The molecule has 0 atom stereocenters. The molecule has 1 aliphatic rings. The van der Waals surface area contributed by atoms with Crippen molar-refractivity contribution >= 4 is 44.6 Å². The zero-order valence-corrected chi connectivity index (χ0v) is 44.4. The van der Waals surface area contributed by atoms with Crippen LogP contribution in [0.1, 0.15) is 92.7 Å². The normalized spacial score (nSPS) is 14.7. The first kappa shape index (κ1) is 38.2. The van der Waals surface area contributed by atoms with Gasteiger partial charge in [0, 0.05) is 89.7 Å². The van der Waals surface area contributed by atoms with Crippen molar-refractivity contribution in [2.75, 3.05) is 9.80 Å². The molecule has 0 amide bonds. The van der Waals surface area contributed by atoms with Crippen LogP contribution in [0.3, 0.4) is 0 Å². The van der Waals surface area contributed by atoms with E-state index in [1.54, 1.807) is 36.0 Å². The van der Waals surface area contributed by atoms with Crippen LogP contribution in [0.4, 0.5) is 22.7 Å². The zero-order chi connectivity index (χ0) is 58.6. The van der Waals surface area contributed by atoms with Crippen molar-refractivity contribution in [1.29, 1.82) is 0 Å². The molecule has 1 aliphatic heterocycles. The summed E-state index contributed by atoms with van der Waals surface area (Å²) in [5.74, 6) is 2.85. The third-order valence-corrected chi connectivity index (χ3v) is 13.0. The molecule has 73 heavy (non-hydrogen) atoms. The molecule has 11 rings (SSSR count). The number of hydrogen-bond acceptors (Lipinski definition) is 5. The second-order valence-electron chi connectivity index (χ2n) is 21.1. The summed E-state index contributed by atoms with van der Waals surface area (Å²) in [7, 11) is 0. The smallest absolute Gasteiger partial charge is 0.139 e. The molecular weight excluding hydrogens is 1080 g/mol. The number of anilines is 4. The minimum atomic E-state index is -0.637. The van der Waals surface area contributed by atoms with Gasteiger partial charge < -0.3 is 23.8 Å². The fourth-order valence-electron chi connectivity index (χ4n) is 9.42. The number of aromatic nitrogens is 2. The molecule has 0 bridgehead atoms. The summed E-state index contributed by atoms with van der Waals surface area (Å²) in [6.45, 7) is 20.7. The van der Waals surface area contributed by atoms with Crippen LogP contribution in [-0.4, -0.2) is 9.55 Å². The van der Waals surface area contributed by atoms with E-state index in [1.165, 1.54) is 0 Å². The summed E-state index contributed by atoms with van der Waals surface area (Å²) in [4.78, 5) is 8.54. The number of fused-ring (bicyclic) bond motifs is 4. The minimum absolute atomic E-state index is 0. The molecule has 3 heterocycles. The summed E-state index contributed by atoms with van der Waals surface area (Å²) < 4.78 is 105. The Labute approximate surface area is 459 Å². The van der Waals surface area contributed by atoms with E-state index in [2.05, 4.69) is 88.6 Å². The Balaban J connectivity index is 0.00000769. The van der Waals surface area contributed by atoms with Crippen LogP contribution in [0.25, 0.3) is 49.9 Å². The first-order chi connectivity index (χ1) is 38.7. The fourth-order valence-corrected chi connectivity index (χ4v) is 9.42. The number of para-hydroxylation sites is 4. The number of rotatable bonds is 9. The first-order valence-electron chi connectivity index (χ1n) is 29.0. The van der Waals surface area contributed by atoms with Crippen molar-refractivity contribution < 1.29 is 44.2 Å². The summed E-state index contributed by atoms with van der Waals surface area (Å²) in [6, 6.07) is 40.5. The Morgan fingerprint density at radius 3 is 1.77 bits per heavy atom. The van der Waals surface area contributed by atoms with E-state index in [0.29, 0.717) is 45.7 Å². The summed E-state index contributed by atoms with van der Waals surface area (Å²) in [5.41, 5.74) is 5.60. The van der Waals surface area contributed by atoms with Gasteiger partial charge in [-0.1, -0.05) is 177 Å². The predicted molar refractivity (Wildman–Crippen MR) is 298 cm³/mol. The van der Waals surface area contributed by atoms with E-state index in [9.17, 15) is 5.48 Å². The van der Waals surface area contributed by atoms with Gasteiger partial charge in [-0.25, -0.2) is 4.98 Å². The van der Waals surface area contributed by atoms with Crippen LogP contribution < -0.4 is 19.3 Å². The number of nitrogens with zero attached hydrogens (tertiary/aromatic N) is 4. The van der Waals surface area contributed by atoms with Crippen LogP contribution in [-0.2, 0) is 37.3 Å². The number of ether oxygens (including phenoxy) is 2. The Morgan fingerprint density at radius 1 is 0.548 bits per heavy atom. The van der Waals surface area contributed by atoms with Gasteiger partial charge in [-0.15, -0.1) is 48.1 Å². The van der Waals surface area contributed by atoms with Gasteiger partial charge in [0.15, 0.2) is 0 Å². The summed E-state index contributed by atoms with van der Waals surface area (Å²) in [6.07, 6.45) is 1.76. The average Bonchev–Trinajstić information content (AvgIpc) is 2.94. The molecule has 368 valence electrons. The Morgan fingerprint density at radius 2 is 1.14 bits per heavy atom. The second kappa shape index (κ2) is 19.2. The van der Waals surface area contributed by atoms with E-state index >= 15 is 0 Å². The van der Waals surface area contributed by atoms with Crippen LogP contribution in [0.15, 0.2) is 188 Å². The molecular formula is C66H59N4O2Pt-3. The SMILES string of the molecule is [2H]c1c([2H])c([2H])c(-c2cc(C(C)(C)C)cc(-c3c([2H])c([2H])c([2H])c([2H])c3[2H])c2N2[CH-]N(c3[c-]c(Oc4[c-]c5c(cc4)c4ccccc4n5-c4cc(Oc5c(C(C)(C)C)cccc5C(C)(C)C)ccn4)ccc3)c3ccccc32)c([2H])c1[2H].[Pt]. The number of pyridine rings is 1. The molecule has 0 spiro atoms. The van der Waals surface area contributed by atoms with Gasteiger partial charge in [-0.3, -0.25) is 0 Å². The maximum absolute atomic E-state index is 9.28. The molecule has 0 unspecified atom stereocenters. The Kier molecular flexibility index (Phi) is 10.1. The predicted octanol–water partition coefficient (Wildman–Crippen LogP) is 18.0. The van der Waals surface area contributed by atoms with Gasteiger partial charge in [-0.2, -0.15) is 12.1 Å². The first-order valence-corrected chi connectivity index (χ1v) is 24.0. The van der Waals surface area contributed by atoms with Crippen LogP contribution in [0.2, 0.25) is 0 Å². The molecule has 2 aromatic heterocycles. The molecule has 0 radical (unpaired) electrons. The van der Waals surface area contributed by atoms with Crippen LogP contribution >= 0.6 is 0 Å². The van der Waals surface area contributed by atoms with E-state index in [-0.39, 0.29) is 59.8 Å². The van der Waals surface area contributed by atoms with Gasteiger partial charge in [0.2, 0.25) is 0 Å². The van der Waals surface area contributed by atoms with Crippen molar-refractivity contribution in [3.63, 3.8) is 0 Å². The maximum atomic E-state index is 9.28. The Bertz CT molecular complexity index is 4080. The van der Waals surface area contributed by atoms with Crippen molar-refractivity contribution in [2.45, 2.75) is 78.6 Å². The van der Waals surface area contributed by atoms with Crippen molar-refractivity contribution in [2.24, 2.45) is 0 Å². The third-order valence-electron chi connectivity index (χ3n) is 13.0. The van der Waals surface area contributed by atoms with Crippen molar-refractivity contribution in [3.8, 4) is 51.1 Å². The van der Waals surface area contributed by atoms with Gasteiger partial charge in [0.25, 0.3) is 0 Å². The third kappa shape index (κ3) is 9.46. The minimum Gasteiger partial charge on any atom is -0.509 e. The standard InChI is InChI=1S/C66H59N4O2.Pt/c1-64(2,3)46-38-53(44-22-12-10-13-23-44)62(54(39-46)45-24-14-11-15-25-45)69-43-68(58-32-18-19-33-59(58)69)47-26-20-27-48(40-47)71-49-34-35-52-51-28-16-17-31-57(51)70(60(52)41-49)61-42-50(36-37-67-61)72-63-55(65(4,5)6)29-21-30-56(63)66(7,8)9;/h10-39,42-43H,1-9H3;/q-3;/i10D,11D,12D,13D,14D,15D,22D,23D,24D,25D;. The van der Waals surface area contributed by atoms with Crippen molar-refractivity contribution in [3.05, 3.63) is 223 Å². The quantitative estimate of drug-likeness (QED) is 0.135. The fraction of sp³-hybridized carbons (Fsp3) is 0.182. The molecule has 6 nitrogen and oxygen atoms in total. The van der Waals surface area contributed by atoms with Gasteiger partial charge >= 0.3 is 0 Å². The molecule has 0 saturated carbocycles. The molecule has 0 N–H and O–H groups in total. The zero-order valence-electron chi connectivity index (χ0n) is 52.1. The molecule has 8 aromatic carbocycles. The summed E-state index contributed by atoms with van der Waals surface area (Å²) >= 11 is 0. The van der Waals surface area contributed by atoms with E-state index in [1.807, 2.05) is 98.5 Å². The molecule has 10 aromatic rings. The monoisotopic (exact) mass is 1140 g/mol. The van der Waals surface area contributed by atoms with Gasteiger partial charge in [0.1, 0.15) is 17.3 Å². The van der Waals surface area contributed by atoms with Gasteiger partial charge in [-0.05, 0) is 74.7 Å². The number of hydrogen-bond donors (Lipinski definition) is 0. The van der Waals surface area contributed by atoms with Crippen molar-refractivity contribution in [1.82, 2.24) is 9.55 Å². The largest absolute Gasteiger partial charge is 0.509 e. The second-order valence-corrected chi connectivity index (χ2v) is 21.1. The van der Waals surface area contributed by atoms with E-state index in [0.717, 1.165) is 38.7 Å². The molecule has 7 heteroatoms. The molecule has 0 fully saturated rings. The average molecular weight is 1150 g/mol. The Hall–Kier alpha value is -7.40. The number of benzene rings is 8. The van der Waals surface area contributed by atoms with Crippen LogP contribution in [0, 0.1) is 18.8 Å². The maximum Gasteiger partial charge on any atom is 0.139 e. The van der Waals surface area contributed by atoms with Crippen LogP contribution in [0.5, 0.6) is 23.0 Å². The molecule has 0 aliphatic carbocycles. The van der Waals surface area contributed by atoms with E-state index in [4.69, 9.17) is 22.7 Å².